The molecule has 2 aromatic rings. The molecule has 82 valence electrons. The highest BCUT2D eigenvalue weighted by molar-refractivity contribution is 5.47. The molecule has 0 fully saturated rings. The molecule has 2 aromatic heterocycles. The third-order valence-electron chi connectivity index (χ3n) is 2.34. The second kappa shape index (κ2) is 4.24. The summed E-state index contributed by atoms with van der Waals surface area (Å²) in [6.45, 7) is 1.86. The number of aliphatic hydroxyl groups is 1. The molecule has 1 atom stereocenters. The Bertz CT molecular complexity index is 466. The standard InChI is InChI=1S/C11H12N4O/c1-7-3-6-13-10(12)8(7)9(16)11-14-4-2-5-15-11/h2-6,9,16H,1H3,(H2,12,13). The molecule has 0 radical (unpaired) electrons. The van der Waals surface area contributed by atoms with Crippen LogP contribution in [-0.2, 0) is 0 Å². The number of nitrogen functional groups attached to an aromatic ring is 1. The molecule has 2 rings (SSSR count). The molecule has 1 unspecified atom stereocenters. The van der Waals surface area contributed by atoms with Gasteiger partial charge in [-0.2, -0.15) is 0 Å². The summed E-state index contributed by atoms with van der Waals surface area (Å²) < 4.78 is 0. The molecule has 0 aliphatic rings. The first-order valence-electron chi connectivity index (χ1n) is 4.86. The smallest absolute Gasteiger partial charge is 0.161 e. The van der Waals surface area contributed by atoms with Gasteiger partial charge in [-0.05, 0) is 24.6 Å². The maximum atomic E-state index is 10.1. The van der Waals surface area contributed by atoms with E-state index in [9.17, 15) is 5.11 Å². The number of nitrogens with two attached hydrogens (primary N) is 1. The van der Waals surface area contributed by atoms with E-state index in [-0.39, 0.29) is 0 Å². The molecule has 16 heavy (non-hydrogen) atoms. The largest absolute Gasteiger partial charge is 0.383 e. The van der Waals surface area contributed by atoms with E-state index in [4.69, 9.17) is 5.73 Å². The van der Waals surface area contributed by atoms with Crippen molar-refractivity contribution in [2.45, 2.75) is 13.0 Å². The number of aliphatic hydroxyl groups excluding tert-OH is 1. The third kappa shape index (κ3) is 1.85. The zero-order chi connectivity index (χ0) is 11.5. The van der Waals surface area contributed by atoms with Crippen LogP contribution in [0, 0.1) is 6.92 Å². The van der Waals surface area contributed by atoms with Crippen LogP contribution in [0.15, 0.2) is 30.7 Å². The van der Waals surface area contributed by atoms with Crippen molar-refractivity contribution >= 4 is 5.82 Å². The van der Waals surface area contributed by atoms with Gasteiger partial charge in [0.15, 0.2) is 5.82 Å². The molecule has 0 bridgehead atoms. The normalized spacial score (nSPS) is 12.4. The Balaban J connectivity index is 2.46. The van der Waals surface area contributed by atoms with Crippen LogP contribution in [-0.4, -0.2) is 20.1 Å². The van der Waals surface area contributed by atoms with Crippen LogP contribution in [0.2, 0.25) is 0 Å². The van der Waals surface area contributed by atoms with Gasteiger partial charge in [0.25, 0.3) is 0 Å². The molecule has 0 aliphatic carbocycles. The minimum Gasteiger partial charge on any atom is -0.383 e. The van der Waals surface area contributed by atoms with E-state index >= 15 is 0 Å². The fourth-order valence-corrected chi connectivity index (χ4v) is 1.53. The Morgan fingerprint density at radius 3 is 2.50 bits per heavy atom. The number of hydrogen-bond acceptors (Lipinski definition) is 5. The van der Waals surface area contributed by atoms with E-state index in [1.54, 1.807) is 30.7 Å². The quantitative estimate of drug-likeness (QED) is 0.777. The van der Waals surface area contributed by atoms with Crippen LogP contribution in [0.5, 0.6) is 0 Å². The van der Waals surface area contributed by atoms with Gasteiger partial charge < -0.3 is 10.8 Å². The summed E-state index contributed by atoms with van der Waals surface area (Å²) in [6, 6.07) is 3.48. The number of aryl methyl sites for hydroxylation is 1. The molecule has 3 N–H and O–H groups in total. The first-order valence-corrected chi connectivity index (χ1v) is 4.86. The lowest BCUT2D eigenvalue weighted by molar-refractivity contribution is 0.209. The summed E-state index contributed by atoms with van der Waals surface area (Å²) in [5.41, 5.74) is 7.16. The summed E-state index contributed by atoms with van der Waals surface area (Å²) >= 11 is 0. The lowest BCUT2D eigenvalue weighted by Gasteiger charge is -2.13. The van der Waals surface area contributed by atoms with Crippen molar-refractivity contribution in [1.29, 1.82) is 0 Å². The zero-order valence-corrected chi connectivity index (χ0v) is 8.83. The van der Waals surface area contributed by atoms with Gasteiger partial charge in [0.1, 0.15) is 11.9 Å². The molecular weight excluding hydrogens is 204 g/mol. The van der Waals surface area contributed by atoms with E-state index < -0.39 is 6.10 Å². The van der Waals surface area contributed by atoms with E-state index in [2.05, 4.69) is 15.0 Å². The molecule has 0 saturated carbocycles. The average Bonchev–Trinajstić information content (AvgIpc) is 2.30. The Kier molecular flexibility index (Phi) is 2.78. The average molecular weight is 216 g/mol. The Morgan fingerprint density at radius 1 is 1.19 bits per heavy atom. The maximum absolute atomic E-state index is 10.1. The van der Waals surface area contributed by atoms with Crippen LogP contribution in [0.25, 0.3) is 0 Å². The Labute approximate surface area is 93.0 Å². The van der Waals surface area contributed by atoms with Crippen molar-refractivity contribution in [3.05, 3.63) is 47.7 Å². The van der Waals surface area contributed by atoms with Crippen molar-refractivity contribution in [1.82, 2.24) is 15.0 Å². The molecule has 2 heterocycles. The van der Waals surface area contributed by atoms with E-state index in [1.807, 2.05) is 6.92 Å². The third-order valence-corrected chi connectivity index (χ3v) is 2.34. The fourth-order valence-electron chi connectivity index (χ4n) is 1.53. The monoisotopic (exact) mass is 216 g/mol. The first-order chi connectivity index (χ1) is 7.70. The molecule has 0 spiro atoms. The van der Waals surface area contributed by atoms with Gasteiger partial charge in [0.2, 0.25) is 0 Å². The van der Waals surface area contributed by atoms with Crippen LogP contribution in [0.4, 0.5) is 5.82 Å². The topological polar surface area (TPSA) is 84.9 Å². The van der Waals surface area contributed by atoms with Crippen molar-refractivity contribution < 1.29 is 5.11 Å². The SMILES string of the molecule is Cc1ccnc(N)c1C(O)c1ncccn1. The summed E-state index contributed by atoms with van der Waals surface area (Å²) in [5, 5.41) is 10.1. The van der Waals surface area contributed by atoms with Gasteiger partial charge in [-0.3, -0.25) is 0 Å². The predicted molar refractivity (Wildman–Crippen MR) is 59.5 cm³/mol. The molecule has 0 aromatic carbocycles. The number of anilines is 1. The van der Waals surface area contributed by atoms with E-state index in [1.165, 1.54) is 0 Å². The lowest BCUT2D eigenvalue weighted by Crippen LogP contribution is -2.10. The van der Waals surface area contributed by atoms with Crippen molar-refractivity contribution in [2.75, 3.05) is 5.73 Å². The molecule has 0 amide bonds. The minimum atomic E-state index is -0.935. The number of hydrogen-bond donors (Lipinski definition) is 2. The van der Waals surface area contributed by atoms with Crippen LogP contribution < -0.4 is 5.73 Å². The predicted octanol–water partition coefficient (Wildman–Crippen LogP) is 0.844. The van der Waals surface area contributed by atoms with E-state index in [0.29, 0.717) is 17.2 Å². The number of aromatic nitrogens is 3. The maximum Gasteiger partial charge on any atom is 0.161 e. The summed E-state index contributed by atoms with van der Waals surface area (Å²) in [6.07, 6.45) is 3.82. The number of nitrogens with zero attached hydrogens (tertiary/aromatic N) is 3. The second-order valence-electron chi connectivity index (χ2n) is 3.44. The zero-order valence-electron chi connectivity index (χ0n) is 8.83. The molecule has 0 saturated heterocycles. The highest BCUT2D eigenvalue weighted by Crippen LogP contribution is 2.25. The van der Waals surface area contributed by atoms with Crippen molar-refractivity contribution in [3.8, 4) is 0 Å². The number of pyridine rings is 1. The Hall–Kier alpha value is -2.01. The van der Waals surface area contributed by atoms with Crippen LogP contribution in [0.1, 0.15) is 23.1 Å². The Morgan fingerprint density at radius 2 is 1.88 bits per heavy atom. The summed E-state index contributed by atoms with van der Waals surface area (Å²) in [4.78, 5) is 11.9. The van der Waals surface area contributed by atoms with Crippen LogP contribution >= 0.6 is 0 Å². The van der Waals surface area contributed by atoms with Crippen molar-refractivity contribution in [2.24, 2.45) is 0 Å². The van der Waals surface area contributed by atoms with Crippen LogP contribution in [0.3, 0.4) is 0 Å². The second-order valence-corrected chi connectivity index (χ2v) is 3.44. The minimum absolute atomic E-state index is 0.306. The molecule has 5 nitrogen and oxygen atoms in total. The molecule has 5 heteroatoms. The van der Waals surface area contributed by atoms with Gasteiger partial charge in [0.05, 0.1) is 0 Å². The van der Waals surface area contributed by atoms with Gasteiger partial charge >= 0.3 is 0 Å². The highest BCUT2D eigenvalue weighted by atomic mass is 16.3. The summed E-state index contributed by atoms with van der Waals surface area (Å²) in [5.74, 6) is 0.630. The van der Waals surface area contributed by atoms with E-state index in [0.717, 1.165) is 5.56 Å². The lowest BCUT2D eigenvalue weighted by atomic mass is 10.0. The van der Waals surface area contributed by atoms with Gasteiger partial charge in [0, 0.05) is 24.2 Å². The van der Waals surface area contributed by atoms with Gasteiger partial charge in [-0.15, -0.1) is 0 Å². The highest BCUT2D eigenvalue weighted by Gasteiger charge is 2.18. The fraction of sp³-hybridized carbons (Fsp3) is 0.182. The summed E-state index contributed by atoms with van der Waals surface area (Å²) in [7, 11) is 0. The molecular formula is C11H12N4O. The first kappa shape index (κ1) is 10.5. The van der Waals surface area contributed by atoms with Crippen molar-refractivity contribution in [3.63, 3.8) is 0 Å². The molecule has 0 aliphatic heterocycles. The number of rotatable bonds is 2. The van der Waals surface area contributed by atoms with Gasteiger partial charge in [-0.1, -0.05) is 0 Å². The van der Waals surface area contributed by atoms with Gasteiger partial charge in [-0.25, -0.2) is 15.0 Å².